The molecule has 2 heteroatoms. The molecule has 0 N–H and O–H groups in total. The van der Waals surface area contributed by atoms with Crippen LogP contribution in [0.4, 0.5) is 0 Å². The van der Waals surface area contributed by atoms with Crippen molar-refractivity contribution in [3.8, 4) is 11.5 Å². The highest BCUT2D eigenvalue weighted by atomic mass is 16.5. The van der Waals surface area contributed by atoms with Crippen LogP contribution in [0.1, 0.15) is 36.8 Å². The minimum Gasteiger partial charge on any atom is -0.493 e. The third-order valence-corrected chi connectivity index (χ3v) is 5.20. The zero-order valence-electron chi connectivity index (χ0n) is 11.9. The smallest absolute Gasteiger partial charge is 0.166 e. The molecule has 0 saturated heterocycles. The van der Waals surface area contributed by atoms with Gasteiger partial charge in [-0.2, -0.15) is 0 Å². The Bertz CT molecular complexity index is 614. The van der Waals surface area contributed by atoms with Gasteiger partial charge in [-0.3, -0.25) is 0 Å². The topological polar surface area (TPSA) is 18.5 Å². The SMILES string of the molecule is C=CC[C@]12C3=CCc4ccc(OC)c(c41)O[C@H]2CCC3. The molecule has 1 fully saturated rings. The maximum atomic E-state index is 6.37. The predicted octanol–water partition coefficient (Wildman–Crippen LogP) is 3.94. The Labute approximate surface area is 120 Å². The number of rotatable bonds is 3. The molecule has 2 atom stereocenters. The average molecular weight is 268 g/mol. The molecule has 2 aliphatic carbocycles. The summed E-state index contributed by atoms with van der Waals surface area (Å²) in [6, 6.07) is 4.25. The van der Waals surface area contributed by atoms with Crippen molar-refractivity contribution in [2.45, 2.75) is 43.6 Å². The third kappa shape index (κ3) is 1.29. The van der Waals surface area contributed by atoms with Crippen LogP contribution < -0.4 is 9.47 Å². The molecule has 0 bridgehead atoms. The average Bonchev–Trinajstić information content (AvgIpc) is 2.81. The van der Waals surface area contributed by atoms with Gasteiger partial charge in [0.15, 0.2) is 11.5 Å². The Balaban J connectivity index is 2.01. The second kappa shape index (κ2) is 4.15. The van der Waals surface area contributed by atoms with Crippen molar-refractivity contribution in [1.82, 2.24) is 0 Å². The van der Waals surface area contributed by atoms with Crippen LogP contribution in [0, 0.1) is 0 Å². The van der Waals surface area contributed by atoms with Crippen molar-refractivity contribution < 1.29 is 9.47 Å². The van der Waals surface area contributed by atoms with Gasteiger partial charge in [-0.15, -0.1) is 6.58 Å². The highest BCUT2D eigenvalue weighted by Crippen LogP contribution is 2.60. The summed E-state index contributed by atoms with van der Waals surface area (Å²) >= 11 is 0. The number of methoxy groups -OCH3 is 1. The summed E-state index contributed by atoms with van der Waals surface area (Å²) in [5.74, 6) is 1.87. The largest absolute Gasteiger partial charge is 0.493 e. The minimum atomic E-state index is 0.0391. The first kappa shape index (κ1) is 12.1. The van der Waals surface area contributed by atoms with Crippen LogP contribution in [-0.2, 0) is 11.8 Å². The Hall–Kier alpha value is -1.70. The molecular weight excluding hydrogens is 248 g/mol. The lowest BCUT2D eigenvalue weighted by atomic mass is 9.60. The van der Waals surface area contributed by atoms with Crippen LogP contribution in [-0.4, -0.2) is 13.2 Å². The van der Waals surface area contributed by atoms with E-state index in [1.807, 2.05) is 6.07 Å². The zero-order valence-corrected chi connectivity index (χ0v) is 11.9. The van der Waals surface area contributed by atoms with Gasteiger partial charge in [-0.25, -0.2) is 0 Å². The monoisotopic (exact) mass is 268 g/mol. The van der Waals surface area contributed by atoms with Gasteiger partial charge in [0.25, 0.3) is 0 Å². The summed E-state index contributed by atoms with van der Waals surface area (Å²) < 4.78 is 11.9. The highest BCUT2D eigenvalue weighted by Gasteiger charge is 2.55. The minimum absolute atomic E-state index is 0.0391. The Morgan fingerprint density at radius 3 is 3.20 bits per heavy atom. The molecular formula is C18H20O2. The lowest BCUT2D eigenvalue weighted by molar-refractivity contribution is 0.131. The van der Waals surface area contributed by atoms with Gasteiger partial charge in [-0.05, 0) is 43.7 Å². The van der Waals surface area contributed by atoms with Crippen LogP contribution in [0.15, 0.2) is 36.4 Å². The van der Waals surface area contributed by atoms with Crippen molar-refractivity contribution >= 4 is 0 Å². The molecule has 1 saturated carbocycles. The number of hydrogen-bond acceptors (Lipinski definition) is 2. The summed E-state index contributed by atoms with van der Waals surface area (Å²) in [4.78, 5) is 0. The molecule has 0 unspecified atom stereocenters. The molecule has 1 aromatic carbocycles. The van der Waals surface area contributed by atoms with Gasteiger partial charge in [0.1, 0.15) is 6.10 Å². The standard InChI is InChI=1S/C18H20O2/c1-3-11-18-13-5-4-6-15(18)20-17-14(19-2)10-8-12(7-9-13)16(17)18/h3,8-10,15H,1,4-7,11H2,2H3/t15-,18+/m0/s1. The van der Waals surface area contributed by atoms with Crippen LogP contribution in [0.5, 0.6) is 11.5 Å². The van der Waals surface area contributed by atoms with E-state index in [9.17, 15) is 0 Å². The quantitative estimate of drug-likeness (QED) is 0.773. The Morgan fingerprint density at radius 1 is 1.50 bits per heavy atom. The normalized spacial score (nSPS) is 29.2. The zero-order chi connectivity index (χ0) is 13.7. The van der Waals surface area contributed by atoms with Crippen LogP contribution in [0.3, 0.4) is 0 Å². The molecule has 2 nitrogen and oxygen atoms in total. The maximum absolute atomic E-state index is 6.37. The van der Waals surface area contributed by atoms with E-state index in [0.717, 1.165) is 30.8 Å². The maximum Gasteiger partial charge on any atom is 0.166 e. The number of hydrogen-bond donors (Lipinski definition) is 0. The van der Waals surface area contributed by atoms with Crippen LogP contribution in [0.2, 0.25) is 0 Å². The van der Waals surface area contributed by atoms with E-state index in [2.05, 4.69) is 24.8 Å². The van der Waals surface area contributed by atoms with E-state index in [1.54, 1.807) is 12.7 Å². The fraction of sp³-hybridized carbons (Fsp3) is 0.444. The Kier molecular flexibility index (Phi) is 2.50. The lowest BCUT2D eigenvalue weighted by Crippen LogP contribution is -2.44. The van der Waals surface area contributed by atoms with Crippen molar-refractivity contribution in [2.24, 2.45) is 0 Å². The number of ether oxygens (including phenoxy) is 2. The van der Waals surface area contributed by atoms with Gasteiger partial charge < -0.3 is 9.47 Å². The molecule has 4 rings (SSSR count). The second-order valence-electron chi connectivity index (χ2n) is 6.03. The van der Waals surface area contributed by atoms with Crippen molar-refractivity contribution in [2.75, 3.05) is 7.11 Å². The first-order chi connectivity index (χ1) is 9.81. The van der Waals surface area contributed by atoms with Gasteiger partial charge in [0, 0.05) is 5.56 Å². The predicted molar refractivity (Wildman–Crippen MR) is 79.5 cm³/mol. The fourth-order valence-electron chi connectivity index (χ4n) is 4.43. The number of benzene rings is 1. The lowest BCUT2D eigenvalue weighted by Gasteiger charge is -2.42. The van der Waals surface area contributed by atoms with E-state index in [1.165, 1.54) is 24.0 Å². The molecule has 0 radical (unpaired) electrons. The molecule has 3 aliphatic rings. The van der Waals surface area contributed by atoms with E-state index < -0.39 is 0 Å². The van der Waals surface area contributed by atoms with Gasteiger partial charge in [0.05, 0.1) is 12.5 Å². The van der Waals surface area contributed by atoms with E-state index in [4.69, 9.17) is 9.47 Å². The molecule has 0 spiro atoms. The first-order valence-corrected chi connectivity index (χ1v) is 7.48. The van der Waals surface area contributed by atoms with Crippen molar-refractivity contribution in [3.05, 3.63) is 47.6 Å². The number of allylic oxidation sites excluding steroid dienone is 2. The molecule has 104 valence electrons. The summed E-state index contributed by atoms with van der Waals surface area (Å²) in [5.41, 5.74) is 4.39. The Morgan fingerprint density at radius 2 is 2.40 bits per heavy atom. The molecule has 20 heavy (non-hydrogen) atoms. The van der Waals surface area contributed by atoms with Crippen LogP contribution in [0.25, 0.3) is 0 Å². The summed E-state index contributed by atoms with van der Waals surface area (Å²) in [7, 11) is 1.73. The molecule has 1 heterocycles. The van der Waals surface area contributed by atoms with E-state index >= 15 is 0 Å². The summed E-state index contributed by atoms with van der Waals surface area (Å²) in [6.45, 7) is 4.00. The molecule has 0 amide bonds. The molecule has 1 aromatic rings. The summed E-state index contributed by atoms with van der Waals surface area (Å²) in [5, 5.41) is 0. The van der Waals surface area contributed by atoms with Gasteiger partial charge in [0.2, 0.25) is 0 Å². The van der Waals surface area contributed by atoms with Crippen molar-refractivity contribution in [1.29, 1.82) is 0 Å². The first-order valence-electron chi connectivity index (χ1n) is 7.48. The van der Waals surface area contributed by atoms with E-state index in [-0.39, 0.29) is 11.5 Å². The second-order valence-corrected chi connectivity index (χ2v) is 6.03. The van der Waals surface area contributed by atoms with Gasteiger partial charge in [-0.1, -0.05) is 23.8 Å². The highest BCUT2D eigenvalue weighted by molar-refractivity contribution is 5.64. The van der Waals surface area contributed by atoms with Gasteiger partial charge >= 0.3 is 0 Å². The third-order valence-electron chi connectivity index (χ3n) is 5.20. The summed E-state index contributed by atoms with van der Waals surface area (Å²) in [6.07, 6.45) is 10.3. The van der Waals surface area contributed by atoms with E-state index in [0.29, 0.717) is 0 Å². The van der Waals surface area contributed by atoms with Crippen LogP contribution >= 0.6 is 0 Å². The fourth-order valence-corrected chi connectivity index (χ4v) is 4.43. The molecule has 1 aliphatic heterocycles. The molecule has 0 aromatic heterocycles. The van der Waals surface area contributed by atoms with Crippen molar-refractivity contribution in [3.63, 3.8) is 0 Å².